The van der Waals surface area contributed by atoms with Crippen molar-refractivity contribution in [3.8, 4) is 17.2 Å². The zero-order chi connectivity index (χ0) is 30.2. The number of anilines is 2. The molecule has 0 saturated heterocycles. The second-order valence-electron chi connectivity index (χ2n) is 8.62. The minimum absolute atomic E-state index is 0.0891. The first-order valence-corrected chi connectivity index (χ1v) is 15.8. The van der Waals surface area contributed by atoms with E-state index in [-0.39, 0.29) is 21.2 Å². The molecule has 11 nitrogen and oxygen atoms in total. The highest BCUT2D eigenvalue weighted by atomic mass is 32.2. The Morgan fingerprint density at radius 1 is 0.756 bits per heavy atom. The summed E-state index contributed by atoms with van der Waals surface area (Å²) < 4.78 is 71.4. The van der Waals surface area contributed by atoms with Crippen molar-refractivity contribution in [2.45, 2.75) is 30.6 Å². The third kappa shape index (κ3) is 7.29. The van der Waals surface area contributed by atoms with Gasteiger partial charge in [-0.3, -0.25) is 9.10 Å². The molecule has 0 spiro atoms. The molecule has 0 aliphatic carbocycles. The molecule has 0 bridgehead atoms. The van der Waals surface area contributed by atoms with Crippen LogP contribution in [0.2, 0.25) is 0 Å². The molecule has 0 unspecified atom stereocenters. The van der Waals surface area contributed by atoms with Crippen LogP contribution in [-0.4, -0.2) is 67.5 Å². The lowest BCUT2D eigenvalue weighted by atomic mass is 10.3. The van der Waals surface area contributed by atoms with E-state index in [1.54, 1.807) is 38.1 Å². The summed E-state index contributed by atoms with van der Waals surface area (Å²) in [4.78, 5) is 13.1. The number of nitrogens with zero attached hydrogens (tertiary/aromatic N) is 2. The molecule has 0 atom stereocenters. The Labute approximate surface area is 241 Å². The smallest absolute Gasteiger partial charge is 0.264 e. The van der Waals surface area contributed by atoms with Crippen molar-refractivity contribution >= 4 is 37.3 Å². The summed E-state index contributed by atoms with van der Waals surface area (Å²) >= 11 is 0. The monoisotopic (exact) mass is 605 g/mol. The van der Waals surface area contributed by atoms with E-state index in [1.807, 2.05) is 6.92 Å². The maximum absolute atomic E-state index is 13.8. The van der Waals surface area contributed by atoms with Gasteiger partial charge in [0.15, 0.2) is 11.5 Å². The summed E-state index contributed by atoms with van der Waals surface area (Å²) in [6.45, 7) is 5.86. The van der Waals surface area contributed by atoms with Gasteiger partial charge in [0.2, 0.25) is 15.9 Å². The van der Waals surface area contributed by atoms with E-state index in [4.69, 9.17) is 14.2 Å². The molecule has 13 heteroatoms. The average Bonchev–Trinajstić information content (AvgIpc) is 2.97. The third-order valence-corrected chi connectivity index (χ3v) is 9.98. The van der Waals surface area contributed by atoms with E-state index < -0.39 is 32.5 Å². The summed E-state index contributed by atoms with van der Waals surface area (Å²) in [6.07, 6.45) is 0. The molecule has 0 fully saturated rings. The Balaban J connectivity index is 1.92. The van der Waals surface area contributed by atoms with Crippen LogP contribution in [0.1, 0.15) is 20.8 Å². The van der Waals surface area contributed by atoms with E-state index in [9.17, 15) is 21.6 Å². The van der Waals surface area contributed by atoms with Gasteiger partial charge in [-0.2, -0.15) is 4.31 Å². The van der Waals surface area contributed by atoms with Crippen LogP contribution < -0.4 is 23.8 Å². The Hall–Kier alpha value is -3.81. The molecule has 3 rings (SSSR count). The van der Waals surface area contributed by atoms with E-state index in [0.29, 0.717) is 36.9 Å². The normalized spacial score (nSPS) is 11.7. The van der Waals surface area contributed by atoms with Crippen LogP contribution in [0.4, 0.5) is 11.4 Å². The average molecular weight is 606 g/mol. The SMILES string of the molecule is CCOc1ccc(N(CC(=O)Nc2ccc(S(=O)(=O)N(CC)CC)cc2)S(=O)(=O)c2ccc(OC)c(OC)c2)cc1. The molecule has 0 heterocycles. The Kier molecular flexibility index (Phi) is 10.6. The fraction of sp³-hybridized carbons (Fsp3) is 0.321. The second kappa shape index (κ2) is 13.7. The molecule has 0 aliphatic rings. The summed E-state index contributed by atoms with van der Waals surface area (Å²) in [6, 6.07) is 16.2. The van der Waals surface area contributed by atoms with Gasteiger partial charge in [-0.05, 0) is 67.6 Å². The van der Waals surface area contributed by atoms with Crippen molar-refractivity contribution in [3.63, 3.8) is 0 Å². The number of ether oxygens (including phenoxy) is 3. The second-order valence-corrected chi connectivity index (χ2v) is 12.4. The molecular weight excluding hydrogens is 570 g/mol. The van der Waals surface area contributed by atoms with Gasteiger partial charge in [-0.25, -0.2) is 16.8 Å². The highest BCUT2D eigenvalue weighted by Gasteiger charge is 2.29. The minimum atomic E-state index is -4.25. The number of methoxy groups -OCH3 is 2. The summed E-state index contributed by atoms with van der Waals surface area (Å²) in [5.74, 6) is 0.471. The van der Waals surface area contributed by atoms with Crippen LogP contribution in [0.25, 0.3) is 0 Å². The number of carbonyl (C=O) groups excluding carboxylic acids is 1. The van der Waals surface area contributed by atoms with Crippen LogP contribution in [0.5, 0.6) is 17.2 Å². The molecule has 0 aliphatic heterocycles. The van der Waals surface area contributed by atoms with E-state index in [1.165, 1.54) is 61.0 Å². The molecule has 222 valence electrons. The van der Waals surface area contributed by atoms with Crippen molar-refractivity contribution in [3.05, 3.63) is 66.7 Å². The maximum Gasteiger partial charge on any atom is 0.264 e. The Morgan fingerprint density at radius 2 is 1.34 bits per heavy atom. The van der Waals surface area contributed by atoms with Crippen LogP contribution in [-0.2, 0) is 24.8 Å². The predicted molar refractivity (Wildman–Crippen MR) is 157 cm³/mol. The zero-order valence-electron chi connectivity index (χ0n) is 23.7. The Morgan fingerprint density at radius 3 is 1.88 bits per heavy atom. The lowest BCUT2D eigenvalue weighted by Crippen LogP contribution is -2.38. The van der Waals surface area contributed by atoms with Crippen LogP contribution >= 0.6 is 0 Å². The van der Waals surface area contributed by atoms with Crippen molar-refractivity contribution in [1.29, 1.82) is 0 Å². The first kappa shape index (κ1) is 31.7. The van der Waals surface area contributed by atoms with Gasteiger partial charge in [0.1, 0.15) is 12.3 Å². The van der Waals surface area contributed by atoms with Gasteiger partial charge in [0.05, 0.1) is 36.3 Å². The van der Waals surface area contributed by atoms with Crippen LogP contribution in [0.15, 0.2) is 76.5 Å². The van der Waals surface area contributed by atoms with Crippen molar-refractivity contribution in [1.82, 2.24) is 4.31 Å². The van der Waals surface area contributed by atoms with Crippen molar-refractivity contribution < 1.29 is 35.8 Å². The van der Waals surface area contributed by atoms with Gasteiger partial charge < -0.3 is 19.5 Å². The topological polar surface area (TPSA) is 132 Å². The third-order valence-electron chi connectivity index (χ3n) is 6.15. The van der Waals surface area contributed by atoms with Gasteiger partial charge in [0.25, 0.3) is 10.0 Å². The summed E-state index contributed by atoms with van der Waals surface area (Å²) in [7, 11) is -5.09. The van der Waals surface area contributed by atoms with E-state index in [2.05, 4.69) is 5.32 Å². The largest absolute Gasteiger partial charge is 0.494 e. The number of amides is 1. The van der Waals surface area contributed by atoms with Gasteiger partial charge in [-0.15, -0.1) is 0 Å². The standard InChI is InChI=1S/C28H35N3O8S2/c1-6-30(7-2)40(33,34)24-15-9-21(10-16-24)29-28(32)20-31(22-11-13-23(14-12-22)39-8-3)41(35,36)25-17-18-26(37-4)27(19-25)38-5/h9-19H,6-8,20H2,1-5H3,(H,29,32). The highest BCUT2D eigenvalue weighted by Crippen LogP contribution is 2.32. The molecule has 0 aromatic heterocycles. The summed E-state index contributed by atoms with van der Waals surface area (Å²) in [5.41, 5.74) is 0.544. The Bertz CT molecular complexity index is 1540. The van der Waals surface area contributed by atoms with Crippen LogP contribution in [0, 0.1) is 0 Å². The maximum atomic E-state index is 13.8. The molecule has 41 heavy (non-hydrogen) atoms. The molecule has 3 aromatic carbocycles. The molecule has 1 amide bonds. The fourth-order valence-corrected chi connectivity index (χ4v) is 6.94. The highest BCUT2D eigenvalue weighted by molar-refractivity contribution is 7.92. The number of benzene rings is 3. The molecule has 0 saturated carbocycles. The first-order valence-electron chi connectivity index (χ1n) is 12.9. The zero-order valence-corrected chi connectivity index (χ0v) is 25.3. The number of carbonyl (C=O) groups is 1. The van der Waals surface area contributed by atoms with Crippen molar-refractivity contribution in [2.75, 3.05) is 50.1 Å². The minimum Gasteiger partial charge on any atom is -0.494 e. The lowest BCUT2D eigenvalue weighted by Gasteiger charge is -2.25. The molecule has 0 radical (unpaired) electrons. The number of hydrogen-bond acceptors (Lipinski definition) is 8. The first-order chi connectivity index (χ1) is 19.5. The van der Waals surface area contributed by atoms with E-state index >= 15 is 0 Å². The van der Waals surface area contributed by atoms with Gasteiger partial charge in [0, 0.05) is 24.8 Å². The lowest BCUT2D eigenvalue weighted by molar-refractivity contribution is -0.114. The molecular formula is C28H35N3O8S2. The number of hydrogen-bond donors (Lipinski definition) is 1. The quantitative estimate of drug-likeness (QED) is 0.292. The van der Waals surface area contributed by atoms with Gasteiger partial charge in [-0.1, -0.05) is 13.8 Å². The molecule has 1 N–H and O–H groups in total. The van der Waals surface area contributed by atoms with Gasteiger partial charge >= 0.3 is 0 Å². The van der Waals surface area contributed by atoms with Crippen LogP contribution in [0.3, 0.4) is 0 Å². The van der Waals surface area contributed by atoms with E-state index in [0.717, 1.165) is 4.31 Å². The molecule has 3 aromatic rings. The fourth-order valence-electron chi connectivity index (χ4n) is 4.05. The predicted octanol–water partition coefficient (Wildman–Crippen LogP) is 3.97. The number of rotatable bonds is 14. The van der Waals surface area contributed by atoms with Crippen molar-refractivity contribution in [2.24, 2.45) is 0 Å². The number of sulfonamides is 2. The number of nitrogens with one attached hydrogen (secondary N) is 1. The summed E-state index contributed by atoms with van der Waals surface area (Å²) in [5, 5.41) is 2.65.